The van der Waals surface area contributed by atoms with E-state index in [2.05, 4.69) is 23.0 Å². The smallest absolute Gasteiger partial charge is 0.0887 e. The van der Waals surface area contributed by atoms with Crippen LogP contribution in [0.2, 0.25) is 0 Å². The summed E-state index contributed by atoms with van der Waals surface area (Å²) in [5.74, 6) is 0. The molecule has 0 bridgehead atoms. The van der Waals surface area contributed by atoms with Crippen LogP contribution in [0.5, 0.6) is 0 Å². The van der Waals surface area contributed by atoms with Gasteiger partial charge in [0.05, 0.1) is 11.7 Å². The fraction of sp³-hybridized carbons (Fsp3) is 0.200. The average Bonchev–Trinajstić information content (AvgIpc) is 2.12. The van der Waals surface area contributed by atoms with Crippen molar-refractivity contribution < 1.29 is 0 Å². The van der Waals surface area contributed by atoms with E-state index >= 15 is 0 Å². The molecule has 0 aromatic carbocycles. The van der Waals surface area contributed by atoms with Crippen molar-refractivity contribution in [2.75, 3.05) is 0 Å². The van der Waals surface area contributed by atoms with Gasteiger partial charge in [0, 0.05) is 17.3 Å². The quantitative estimate of drug-likeness (QED) is 0.587. The number of pyridine rings is 2. The van der Waals surface area contributed by atoms with Gasteiger partial charge in [-0.2, -0.15) is 0 Å². The summed E-state index contributed by atoms with van der Waals surface area (Å²) in [6, 6.07) is 4.03. The average molecular weight is 158 g/mol. The van der Waals surface area contributed by atoms with Crippen LogP contribution in [0.25, 0.3) is 10.9 Å². The van der Waals surface area contributed by atoms with Crippen LogP contribution in [-0.4, -0.2) is 9.97 Å². The van der Waals surface area contributed by atoms with Crippen LogP contribution in [-0.2, 0) is 0 Å². The molecule has 60 valence electrons. The first-order valence-electron chi connectivity index (χ1n) is 3.96. The van der Waals surface area contributed by atoms with Crippen molar-refractivity contribution in [1.29, 1.82) is 0 Å². The second-order valence-electron chi connectivity index (χ2n) is 2.90. The SMILES string of the molecule is Cc1ncc2ncccc2c1C. The van der Waals surface area contributed by atoms with Gasteiger partial charge in [0.25, 0.3) is 0 Å². The Morgan fingerprint density at radius 2 is 2.00 bits per heavy atom. The Bertz CT molecular complexity index is 421. The van der Waals surface area contributed by atoms with Gasteiger partial charge >= 0.3 is 0 Å². The molecule has 2 heterocycles. The molecule has 0 atom stereocenters. The predicted molar refractivity (Wildman–Crippen MR) is 49.0 cm³/mol. The van der Waals surface area contributed by atoms with Crippen LogP contribution < -0.4 is 0 Å². The lowest BCUT2D eigenvalue weighted by Gasteiger charge is -2.02. The first-order chi connectivity index (χ1) is 5.79. The van der Waals surface area contributed by atoms with Gasteiger partial charge in [-0.15, -0.1) is 0 Å². The van der Waals surface area contributed by atoms with Crippen LogP contribution in [0, 0.1) is 13.8 Å². The minimum atomic E-state index is 0.973. The molecule has 0 aliphatic carbocycles. The van der Waals surface area contributed by atoms with Gasteiger partial charge in [-0.25, -0.2) is 0 Å². The fourth-order valence-corrected chi connectivity index (χ4v) is 1.29. The van der Waals surface area contributed by atoms with Gasteiger partial charge in [0.1, 0.15) is 0 Å². The van der Waals surface area contributed by atoms with Crippen molar-refractivity contribution in [3.05, 3.63) is 35.8 Å². The normalized spacial score (nSPS) is 10.5. The summed E-state index contributed by atoms with van der Waals surface area (Å²) in [4.78, 5) is 8.46. The van der Waals surface area contributed by atoms with E-state index < -0.39 is 0 Å². The largest absolute Gasteiger partial charge is 0.259 e. The molecule has 0 fully saturated rings. The van der Waals surface area contributed by atoms with Crippen LogP contribution in [0.4, 0.5) is 0 Å². The molecule has 0 saturated carbocycles. The maximum Gasteiger partial charge on any atom is 0.0887 e. The second kappa shape index (κ2) is 2.55. The number of aromatic nitrogens is 2. The van der Waals surface area contributed by atoms with E-state index in [1.807, 2.05) is 19.2 Å². The molecule has 12 heavy (non-hydrogen) atoms. The maximum absolute atomic E-state index is 4.24. The van der Waals surface area contributed by atoms with Crippen molar-refractivity contribution in [3.63, 3.8) is 0 Å². The lowest BCUT2D eigenvalue weighted by Crippen LogP contribution is -1.89. The van der Waals surface area contributed by atoms with E-state index in [0.29, 0.717) is 0 Å². The van der Waals surface area contributed by atoms with Crippen LogP contribution >= 0.6 is 0 Å². The lowest BCUT2D eigenvalue weighted by atomic mass is 10.1. The van der Waals surface area contributed by atoms with E-state index in [1.165, 1.54) is 10.9 Å². The van der Waals surface area contributed by atoms with Crippen LogP contribution in [0.15, 0.2) is 24.5 Å². The monoisotopic (exact) mass is 158 g/mol. The minimum Gasteiger partial charge on any atom is -0.259 e. The molecule has 2 rings (SSSR count). The van der Waals surface area contributed by atoms with Crippen molar-refractivity contribution in [2.24, 2.45) is 0 Å². The zero-order chi connectivity index (χ0) is 8.55. The van der Waals surface area contributed by atoms with Gasteiger partial charge in [0.15, 0.2) is 0 Å². The van der Waals surface area contributed by atoms with Gasteiger partial charge in [-0.05, 0) is 25.5 Å². The molecule has 2 aromatic heterocycles. The van der Waals surface area contributed by atoms with E-state index in [1.54, 1.807) is 6.20 Å². The Hall–Kier alpha value is -1.44. The molecule has 0 amide bonds. The summed E-state index contributed by atoms with van der Waals surface area (Å²) in [7, 11) is 0. The molecule has 0 saturated heterocycles. The number of aryl methyl sites for hydroxylation is 2. The van der Waals surface area contributed by atoms with Crippen molar-refractivity contribution >= 4 is 10.9 Å². The van der Waals surface area contributed by atoms with E-state index in [4.69, 9.17) is 0 Å². The Kier molecular flexibility index (Phi) is 1.54. The standard InChI is InChI=1S/C10H10N2/c1-7-8(2)12-6-10-9(7)4-3-5-11-10/h3-6H,1-2H3. The summed E-state index contributed by atoms with van der Waals surface area (Å²) in [5.41, 5.74) is 3.27. The highest BCUT2D eigenvalue weighted by Gasteiger charge is 1.99. The zero-order valence-corrected chi connectivity index (χ0v) is 7.20. The van der Waals surface area contributed by atoms with Gasteiger partial charge in [-0.1, -0.05) is 6.07 Å². The highest BCUT2D eigenvalue weighted by atomic mass is 14.7. The Morgan fingerprint density at radius 1 is 1.17 bits per heavy atom. The summed E-state index contributed by atoms with van der Waals surface area (Å²) in [5, 5.41) is 1.20. The summed E-state index contributed by atoms with van der Waals surface area (Å²) < 4.78 is 0. The van der Waals surface area contributed by atoms with Gasteiger partial charge in [-0.3, -0.25) is 9.97 Å². The van der Waals surface area contributed by atoms with Gasteiger partial charge < -0.3 is 0 Å². The third-order valence-electron chi connectivity index (χ3n) is 2.17. The number of nitrogens with zero attached hydrogens (tertiary/aromatic N) is 2. The molecule has 2 nitrogen and oxygen atoms in total. The molecule has 2 heteroatoms. The summed E-state index contributed by atoms with van der Waals surface area (Å²) in [6.45, 7) is 4.09. The third kappa shape index (κ3) is 0.961. The van der Waals surface area contributed by atoms with Crippen LogP contribution in [0.1, 0.15) is 11.3 Å². The fourth-order valence-electron chi connectivity index (χ4n) is 1.29. The molecule has 0 N–H and O–H groups in total. The molecular weight excluding hydrogens is 148 g/mol. The number of hydrogen-bond donors (Lipinski definition) is 0. The van der Waals surface area contributed by atoms with Crippen LogP contribution in [0.3, 0.4) is 0 Å². The Balaban J connectivity index is 2.91. The zero-order valence-electron chi connectivity index (χ0n) is 7.20. The molecule has 0 unspecified atom stereocenters. The van der Waals surface area contributed by atoms with Gasteiger partial charge in [0.2, 0.25) is 0 Å². The minimum absolute atomic E-state index is 0.973. The molecule has 0 radical (unpaired) electrons. The first kappa shape index (κ1) is 7.22. The Labute approximate surface area is 71.3 Å². The summed E-state index contributed by atoms with van der Waals surface area (Å²) >= 11 is 0. The number of hydrogen-bond acceptors (Lipinski definition) is 2. The molecular formula is C10H10N2. The number of fused-ring (bicyclic) bond motifs is 1. The van der Waals surface area contributed by atoms with E-state index in [9.17, 15) is 0 Å². The Morgan fingerprint density at radius 3 is 2.83 bits per heavy atom. The third-order valence-corrected chi connectivity index (χ3v) is 2.17. The topological polar surface area (TPSA) is 25.8 Å². The summed E-state index contributed by atoms with van der Waals surface area (Å²) in [6.07, 6.45) is 3.61. The lowest BCUT2D eigenvalue weighted by molar-refractivity contribution is 1.16. The molecule has 2 aromatic rings. The van der Waals surface area contributed by atoms with E-state index in [0.717, 1.165) is 11.2 Å². The van der Waals surface area contributed by atoms with Crippen molar-refractivity contribution in [2.45, 2.75) is 13.8 Å². The highest BCUT2D eigenvalue weighted by molar-refractivity contribution is 5.81. The highest BCUT2D eigenvalue weighted by Crippen LogP contribution is 2.16. The maximum atomic E-state index is 4.24. The molecule has 0 aliphatic rings. The molecule has 0 spiro atoms. The van der Waals surface area contributed by atoms with Crippen molar-refractivity contribution in [1.82, 2.24) is 9.97 Å². The second-order valence-corrected chi connectivity index (χ2v) is 2.90. The van der Waals surface area contributed by atoms with Crippen molar-refractivity contribution in [3.8, 4) is 0 Å². The predicted octanol–water partition coefficient (Wildman–Crippen LogP) is 2.25. The first-order valence-corrected chi connectivity index (χ1v) is 3.96. The van der Waals surface area contributed by atoms with E-state index in [-0.39, 0.29) is 0 Å². The number of rotatable bonds is 0. The molecule has 0 aliphatic heterocycles.